The zero-order chi connectivity index (χ0) is 29.5. The molecule has 4 rings (SSSR count). The van der Waals surface area contributed by atoms with Gasteiger partial charge in [-0.3, -0.25) is 19.6 Å². The molecule has 0 aliphatic carbocycles. The Morgan fingerprint density at radius 2 is 1.54 bits per heavy atom. The van der Waals surface area contributed by atoms with Crippen molar-refractivity contribution >= 4 is 5.97 Å². The first-order chi connectivity index (χ1) is 19.6. The van der Waals surface area contributed by atoms with Gasteiger partial charge in [-0.15, -0.1) is 0 Å². The van der Waals surface area contributed by atoms with Crippen LogP contribution >= 0.6 is 0 Å². The molecule has 7 nitrogen and oxygen atoms in total. The summed E-state index contributed by atoms with van der Waals surface area (Å²) in [6.07, 6.45) is -1.25. The van der Waals surface area contributed by atoms with E-state index in [1.807, 2.05) is 43.3 Å². The average molecular weight is 572 g/mol. The largest absolute Gasteiger partial charge is 0.462 e. The van der Waals surface area contributed by atoms with Crippen molar-refractivity contribution in [1.82, 2.24) is 14.8 Å². The quantitative estimate of drug-likeness (QED) is 0.262. The number of benzene rings is 2. The molecule has 0 amide bonds. The number of hydrogen-bond donors (Lipinski definition) is 1. The Morgan fingerprint density at radius 3 is 2.15 bits per heavy atom. The minimum absolute atomic E-state index is 0.202. The minimum atomic E-state index is -4.77. The van der Waals surface area contributed by atoms with Crippen molar-refractivity contribution in [2.24, 2.45) is 0 Å². The summed E-state index contributed by atoms with van der Waals surface area (Å²) >= 11 is 0. The van der Waals surface area contributed by atoms with Gasteiger partial charge in [0.15, 0.2) is 5.60 Å². The highest BCUT2D eigenvalue weighted by Crippen LogP contribution is 2.39. The number of pyridine rings is 1. The topological polar surface area (TPSA) is 75.1 Å². The third kappa shape index (κ3) is 7.91. The van der Waals surface area contributed by atoms with E-state index in [0.29, 0.717) is 39.4 Å². The van der Waals surface area contributed by atoms with Gasteiger partial charge in [0.25, 0.3) is 0 Å². The van der Waals surface area contributed by atoms with Crippen LogP contribution in [-0.4, -0.2) is 77.5 Å². The fourth-order valence-electron chi connectivity index (χ4n) is 4.81. The van der Waals surface area contributed by atoms with Crippen LogP contribution in [0.15, 0.2) is 73.1 Å². The summed E-state index contributed by atoms with van der Waals surface area (Å²) in [6, 6.07) is 16.9. The van der Waals surface area contributed by atoms with Crippen molar-refractivity contribution in [3.63, 3.8) is 0 Å². The van der Waals surface area contributed by atoms with Crippen molar-refractivity contribution in [2.75, 3.05) is 39.5 Å². The normalized spacial score (nSPS) is 18.1. The van der Waals surface area contributed by atoms with E-state index >= 15 is 0 Å². The molecule has 0 radical (unpaired) electrons. The predicted molar refractivity (Wildman–Crippen MR) is 149 cm³/mol. The van der Waals surface area contributed by atoms with Crippen molar-refractivity contribution in [3.05, 3.63) is 89.7 Å². The Morgan fingerprint density at radius 1 is 0.927 bits per heavy atom. The third-order valence-electron chi connectivity index (χ3n) is 7.35. The second-order valence-corrected chi connectivity index (χ2v) is 10.3. The Balaban J connectivity index is 1.43. The number of nitrogens with zero attached hydrogens (tertiary/aromatic N) is 3. The van der Waals surface area contributed by atoms with E-state index < -0.39 is 17.8 Å². The van der Waals surface area contributed by atoms with E-state index in [4.69, 9.17) is 9.47 Å². The maximum absolute atomic E-state index is 13.2. The summed E-state index contributed by atoms with van der Waals surface area (Å²) in [7, 11) is 0. The third-order valence-corrected chi connectivity index (χ3v) is 7.35. The number of piperazine rings is 1. The van der Waals surface area contributed by atoms with E-state index in [0.717, 1.165) is 35.7 Å². The summed E-state index contributed by atoms with van der Waals surface area (Å²) in [5.41, 5.74) is 0.563. The lowest BCUT2D eigenvalue weighted by Crippen LogP contribution is -2.56. The lowest BCUT2D eigenvalue weighted by Gasteiger charge is -2.40. The van der Waals surface area contributed by atoms with Crippen LogP contribution in [0.1, 0.15) is 30.5 Å². The number of hydrogen-bond acceptors (Lipinski definition) is 7. The van der Waals surface area contributed by atoms with Crippen LogP contribution in [0.3, 0.4) is 0 Å². The molecule has 0 saturated carbocycles. The molecule has 2 heterocycles. The molecule has 220 valence electrons. The lowest BCUT2D eigenvalue weighted by molar-refractivity contribution is -0.258. The van der Waals surface area contributed by atoms with Crippen LogP contribution < -0.4 is 0 Å². The van der Waals surface area contributed by atoms with E-state index in [-0.39, 0.29) is 18.1 Å². The Labute approximate surface area is 238 Å². The highest BCUT2D eigenvalue weighted by Gasteiger charge is 2.51. The first-order valence-corrected chi connectivity index (χ1v) is 13.7. The first kappa shape index (κ1) is 30.6. The monoisotopic (exact) mass is 571 g/mol. The van der Waals surface area contributed by atoms with Crippen molar-refractivity contribution < 1.29 is 32.5 Å². The zero-order valence-corrected chi connectivity index (χ0v) is 23.3. The SMILES string of the molecule is CCOCCOC(=O)[C@@H]1CN(Cc2ccncc2)CCN1Cc1ccc(-c2ccc(C(C)(O)C(F)(F)F)cc2)cc1. The molecule has 41 heavy (non-hydrogen) atoms. The van der Waals surface area contributed by atoms with Gasteiger partial charge in [0.2, 0.25) is 0 Å². The molecular formula is C31H36F3N3O4. The van der Waals surface area contributed by atoms with Crippen LogP contribution in [0.4, 0.5) is 13.2 Å². The molecule has 0 spiro atoms. The number of esters is 1. The summed E-state index contributed by atoms with van der Waals surface area (Å²) in [4.78, 5) is 21.5. The van der Waals surface area contributed by atoms with Gasteiger partial charge in [-0.2, -0.15) is 13.2 Å². The average Bonchev–Trinajstić information content (AvgIpc) is 2.96. The molecular weight excluding hydrogens is 535 g/mol. The van der Waals surface area contributed by atoms with Gasteiger partial charge in [0.1, 0.15) is 12.6 Å². The molecule has 10 heteroatoms. The fourth-order valence-corrected chi connectivity index (χ4v) is 4.81. The number of carbonyl (C=O) groups is 1. The Kier molecular flexibility index (Phi) is 10.1. The first-order valence-electron chi connectivity index (χ1n) is 13.7. The summed E-state index contributed by atoms with van der Waals surface area (Å²) in [5, 5.41) is 9.92. The summed E-state index contributed by atoms with van der Waals surface area (Å²) in [6.45, 7) is 7.00. The van der Waals surface area contributed by atoms with Gasteiger partial charge < -0.3 is 14.6 Å². The van der Waals surface area contributed by atoms with Crippen LogP contribution in [0.25, 0.3) is 11.1 Å². The molecule has 0 bridgehead atoms. The number of halogens is 3. The maximum Gasteiger partial charge on any atom is 0.421 e. The molecule has 1 unspecified atom stereocenters. The number of alkyl halides is 3. The highest BCUT2D eigenvalue weighted by atomic mass is 19.4. The molecule has 1 N–H and O–H groups in total. The van der Waals surface area contributed by atoms with Gasteiger partial charge in [0, 0.05) is 51.7 Å². The number of carbonyl (C=O) groups excluding carboxylic acids is 1. The zero-order valence-electron chi connectivity index (χ0n) is 23.3. The number of aromatic nitrogens is 1. The van der Waals surface area contributed by atoms with Crippen LogP contribution in [-0.2, 0) is 33.0 Å². The minimum Gasteiger partial charge on any atom is -0.462 e. The van der Waals surface area contributed by atoms with Gasteiger partial charge in [-0.05, 0) is 53.8 Å². The number of rotatable bonds is 11. The molecule has 2 aromatic carbocycles. The number of aliphatic hydroxyl groups is 1. The van der Waals surface area contributed by atoms with E-state index in [2.05, 4.69) is 14.8 Å². The standard InChI is InChI=1S/C31H36F3N3O4/c1-3-40-18-19-41-29(38)28-22-36(20-24-12-14-35-15-13-24)16-17-37(28)21-23-4-6-25(7-5-23)26-8-10-27(11-9-26)30(2,39)31(32,33)34/h4-15,28,39H,3,16-22H2,1-2H3/t28-,30?/m0/s1. The van der Waals surface area contributed by atoms with Gasteiger partial charge >= 0.3 is 12.1 Å². The molecule has 1 aliphatic rings. The van der Waals surface area contributed by atoms with Crippen molar-refractivity contribution in [1.29, 1.82) is 0 Å². The predicted octanol–water partition coefficient (Wildman–Crippen LogP) is 4.78. The summed E-state index contributed by atoms with van der Waals surface area (Å²) < 4.78 is 50.4. The van der Waals surface area contributed by atoms with Crippen molar-refractivity contribution in [2.45, 2.75) is 44.8 Å². The molecule has 1 fully saturated rings. The van der Waals surface area contributed by atoms with Gasteiger partial charge in [-0.25, -0.2) is 0 Å². The van der Waals surface area contributed by atoms with Crippen LogP contribution in [0.2, 0.25) is 0 Å². The Bertz CT molecular complexity index is 1250. The maximum atomic E-state index is 13.2. The highest BCUT2D eigenvalue weighted by molar-refractivity contribution is 5.76. The van der Waals surface area contributed by atoms with Crippen LogP contribution in [0, 0.1) is 0 Å². The lowest BCUT2D eigenvalue weighted by atomic mass is 9.93. The van der Waals surface area contributed by atoms with Gasteiger partial charge in [-0.1, -0.05) is 48.5 Å². The van der Waals surface area contributed by atoms with Crippen LogP contribution in [0.5, 0.6) is 0 Å². The molecule has 1 saturated heterocycles. The van der Waals surface area contributed by atoms with Crippen molar-refractivity contribution in [3.8, 4) is 11.1 Å². The molecule has 1 aliphatic heterocycles. The second-order valence-electron chi connectivity index (χ2n) is 10.3. The van der Waals surface area contributed by atoms with E-state index in [1.54, 1.807) is 24.5 Å². The smallest absolute Gasteiger partial charge is 0.421 e. The molecule has 2 atom stereocenters. The fraction of sp³-hybridized carbons (Fsp3) is 0.419. The van der Waals surface area contributed by atoms with E-state index in [9.17, 15) is 23.1 Å². The molecule has 1 aromatic heterocycles. The molecule has 3 aromatic rings. The van der Waals surface area contributed by atoms with E-state index in [1.165, 1.54) is 12.1 Å². The Hall–Kier alpha value is -3.31. The summed E-state index contributed by atoms with van der Waals surface area (Å²) in [5.74, 6) is -0.282. The second kappa shape index (κ2) is 13.6. The van der Waals surface area contributed by atoms with Gasteiger partial charge in [0.05, 0.1) is 6.61 Å². The number of ether oxygens (including phenoxy) is 2.